The fraction of sp³-hybridized carbons (Fsp3) is 0. The van der Waals surface area contributed by atoms with E-state index in [0.717, 1.165) is 83.9 Å². The van der Waals surface area contributed by atoms with Crippen molar-refractivity contribution in [1.82, 2.24) is 0 Å². The lowest BCUT2D eigenvalue weighted by Gasteiger charge is -2.30. The van der Waals surface area contributed by atoms with Crippen LogP contribution in [0.4, 0.5) is 17.1 Å². The van der Waals surface area contributed by atoms with Gasteiger partial charge in [-0.25, -0.2) is 0 Å². The Kier molecular flexibility index (Phi) is 6.18. The average molecular weight is 628 g/mol. The molecule has 0 atom stereocenters. The highest BCUT2D eigenvalue weighted by Crippen LogP contribution is 2.55. The molecule has 0 N–H and O–H groups in total. The first-order valence-corrected chi connectivity index (χ1v) is 16.6. The van der Waals surface area contributed by atoms with Crippen LogP contribution in [0.15, 0.2) is 180 Å². The summed E-state index contributed by atoms with van der Waals surface area (Å²) in [5.41, 5.74) is 11.5. The molecule has 0 unspecified atom stereocenters. The minimum atomic E-state index is 0.812. The summed E-state index contributed by atoms with van der Waals surface area (Å²) in [7, 11) is 0. The number of para-hydroxylation sites is 3. The van der Waals surface area contributed by atoms with E-state index in [1.807, 2.05) is 18.2 Å². The minimum absolute atomic E-state index is 0.812. The lowest BCUT2D eigenvalue weighted by atomic mass is 9.88. The van der Waals surface area contributed by atoms with Gasteiger partial charge in [0.2, 0.25) is 0 Å². The first-order valence-electron chi connectivity index (χ1n) is 16.6. The van der Waals surface area contributed by atoms with Crippen molar-refractivity contribution in [1.29, 1.82) is 0 Å². The smallest absolute Gasteiger partial charge is 0.137 e. The van der Waals surface area contributed by atoms with E-state index in [0.29, 0.717) is 0 Å². The highest BCUT2D eigenvalue weighted by Gasteiger charge is 2.29. The molecule has 1 aromatic heterocycles. The van der Waals surface area contributed by atoms with Gasteiger partial charge in [-0.2, -0.15) is 0 Å². The second kappa shape index (κ2) is 11.0. The molecule has 1 aliphatic rings. The van der Waals surface area contributed by atoms with E-state index in [-0.39, 0.29) is 0 Å². The molecular weight excluding hydrogens is 599 g/mol. The van der Waals surface area contributed by atoms with Crippen LogP contribution in [0.1, 0.15) is 0 Å². The highest BCUT2D eigenvalue weighted by molar-refractivity contribution is 6.12. The van der Waals surface area contributed by atoms with Crippen molar-refractivity contribution in [2.45, 2.75) is 0 Å². The highest BCUT2D eigenvalue weighted by atomic mass is 16.5. The van der Waals surface area contributed by atoms with Gasteiger partial charge in [-0.05, 0) is 64.4 Å². The van der Waals surface area contributed by atoms with E-state index in [4.69, 9.17) is 9.15 Å². The number of anilines is 3. The molecule has 49 heavy (non-hydrogen) atoms. The molecule has 0 saturated heterocycles. The van der Waals surface area contributed by atoms with Crippen molar-refractivity contribution in [3.05, 3.63) is 176 Å². The van der Waals surface area contributed by atoms with Crippen molar-refractivity contribution in [3.8, 4) is 44.9 Å². The molecule has 230 valence electrons. The van der Waals surface area contributed by atoms with Gasteiger partial charge < -0.3 is 14.1 Å². The summed E-state index contributed by atoms with van der Waals surface area (Å²) < 4.78 is 13.3. The van der Waals surface area contributed by atoms with Gasteiger partial charge in [0, 0.05) is 44.8 Å². The van der Waals surface area contributed by atoms with Crippen LogP contribution < -0.4 is 9.64 Å². The second-order valence-corrected chi connectivity index (χ2v) is 12.5. The maximum Gasteiger partial charge on any atom is 0.137 e. The van der Waals surface area contributed by atoms with Crippen molar-refractivity contribution in [2.24, 2.45) is 0 Å². The molecule has 10 rings (SSSR count). The van der Waals surface area contributed by atoms with Gasteiger partial charge in [-0.1, -0.05) is 127 Å². The molecule has 0 bridgehead atoms. The van der Waals surface area contributed by atoms with Gasteiger partial charge >= 0.3 is 0 Å². The zero-order valence-corrected chi connectivity index (χ0v) is 26.5. The normalized spacial score (nSPS) is 11.8. The van der Waals surface area contributed by atoms with Gasteiger partial charge in [0.1, 0.15) is 22.7 Å². The largest absolute Gasteiger partial charge is 0.456 e. The Bertz CT molecular complexity index is 2710. The SMILES string of the molecule is c1ccc(-c2ccccc2N(c2ccc3c(c2)oc2ccccc23)c2cccc3c2-c2c(ccc4ccccc24)-c2ccccc2O3)cc1. The standard InChI is InChI=1S/C46H29NO2/c1-2-13-30(14-3-1)33-16-6-9-20-39(33)47(32-26-28-37-35-18-7-10-22-41(35)49-44(37)29-32)40-21-12-24-43-46(40)45-34-17-5-4-15-31(34)25-27-38(45)36-19-8-11-23-42(36)48-43/h1-29H. The Balaban J connectivity index is 1.32. The van der Waals surface area contributed by atoms with E-state index in [1.165, 1.54) is 10.8 Å². The van der Waals surface area contributed by atoms with E-state index >= 15 is 0 Å². The summed E-state index contributed by atoms with van der Waals surface area (Å²) in [6.07, 6.45) is 0. The first kappa shape index (κ1) is 27.5. The summed E-state index contributed by atoms with van der Waals surface area (Å²) in [5, 5.41) is 4.57. The number of fused-ring (bicyclic) bond motifs is 10. The number of hydrogen-bond donors (Lipinski definition) is 0. The molecule has 0 fully saturated rings. The Morgan fingerprint density at radius 2 is 1.08 bits per heavy atom. The van der Waals surface area contributed by atoms with Crippen molar-refractivity contribution < 1.29 is 9.15 Å². The maximum absolute atomic E-state index is 6.88. The van der Waals surface area contributed by atoms with Crippen molar-refractivity contribution >= 4 is 49.8 Å². The van der Waals surface area contributed by atoms with E-state index in [1.54, 1.807) is 0 Å². The molecule has 3 nitrogen and oxygen atoms in total. The summed E-state index contributed by atoms with van der Waals surface area (Å²) >= 11 is 0. The summed E-state index contributed by atoms with van der Waals surface area (Å²) in [6.45, 7) is 0. The molecule has 9 aromatic rings. The van der Waals surface area contributed by atoms with Crippen molar-refractivity contribution in [3.63, 3.8) is 0 Å². The Morgan fingerprint density at radius 1 is 0.388 bits per heavy atom. The average Bonchev–Trinajstić information content (AvgIpc) is 3.46. The number of ether oxygens (including phenoxy) is 1. The van der Waals surface area contributed by atoms with Gasteiger partial charge in [-0.3, -0.25) is 0 Å². The molecule has 3 heteroatoms. The van der Waals surface area contributed by atoms with Gasteiger partial charge in [0.05, 0.1) is 11.4 Å². The lowest BCUT2D eigenvalue weighted by Crippen LogP contribution is -2.13. The predicted molar refractivity (Wildman–Crippen MR) is 202 cm³/mol. The number of rotatable bonds is 4. The number of hydrogen-bond acceptors (Lipinski definition) is 3. The van der Waals surface area contributed by atoms with E-state index < -0.39 is 0 Å². The van der Waals surface area contributed by atoms with Crippen LogP contribution >= 0.6 is 0 Å². The van der Waals surface area contributed by atoms with Gasteiger partial charge in [-0.15, -0.1) is 0 Å². The molecule has 1 aliphatic heterocycles. The Labute approximate surface area is 283 Å². The van der Waals surface area contributed by atoms with E-state index in [9.17, 15) is 0 Å². The minimum Gasteiger partial charge on any atom is -0.456 e. The third-order valence-electron chi connectivity index (χ3n) is 9.67. The molecule has 8 aromatic carbocycles. The first-order chi connectivity index (χ1) is 24.3. The van der Waals surface area contributed by atoms with Crippen LogP contribution in [0.2, 0.25) is 0 Å². The molecule has 0 amide bonds. The number of furan rings is 1. The Morgan fingerprint density at radius 3 is 2.00 bits per heavy atom. The van der Waals surface area contributed by atoms with E-state index in [2.05, 4.69) is 163 Å². The van der Waals surface area contributed by atoms with Gasteiger partial charge in [0.25, 0.3) is 0 Å². The predicted octanol–water partition coefficient (Wildman–Crippen LogP) is 13.3. The summed E-state index contributed by atoms with van der Waals surface area (Å²) in [5.74, 6) is 1.65. The molecule has 0 saturated carbocycles. The maximum atomic E-state index is 6.88. The second-order valence-electron chi connectivity index (χ2n) is 12.5. The number of nitrogens with zero attached hydrogens (tertiary/aromatic N) is 1. The van der Waals surface area contributed by atoms with Crippen molar-refractivity contribution in [2.75, 3.05) is 4.90 Å². The topological polar surface area (TPSA) is 25.6 Å². The van der Waals surface area contributed by atoms with Crippen LogP contribution in [0, 0.1) is 0 Å². The fourth-order valence-electron chi connectivity index (χ4n) is 7.50. The summed E-state index contributed by atoms with van der Waals surface area (Å²) in [6, 6.07) is 61.9. The molecule has 2 heterocycles. The monoisotopic (exact) mass is 627 g/mol. The zero-order valence-electron chi connectivity index (χ0n) is 26.5. The third-order valence-corrected chi connectivity index (χ3v) is 9.67. The Hall–Kier alpha value is -6.58. The molecule has 0 aliphatic carbocycles. The molecule has 0 spiro atoms. The molecule has 0 radical (unpaired) electrons. The zero-order chi connectivity index (χ0) is 32.3. The van der Waals surface area contributed by atoms with Crippen LogP contribution in [0.5, 0.6) is 11.5 Å². The van der Waals surface area contributed by atoms with Crippen LogP contribution in [0.25, 0.3) is 66.1 Å². The molecular formula is C46H29NO2. The third kappa shape index (κ3) is 4.37. The number of benzene rings is 8. The quantitative estimate of drug-likeness (QED) is 0.194. The fourth-order valence-corrected chi connectivity index (χ4v) is 7.50. The lowest BCUT2D eigenvalue weighted by molar-refractivity contribution is 0.488. The van der Waals surface area contributed by atoms with Crippen LogP contribution in [0.3, 0.4) is 0 Å². The van der Waals surface area contributed by atoms with Crippen LogP contribution in [-0.4, -0.2) is 0 Å². The summed E-state index contributed by atoms with van der Waals surface area (Å²) in [4.78, 5) is 2.37. The van der Waals surface area contributed by atoms with Gasteiger partial charge in [0.15, 0.2) is 0 Å². The van der Waals surface area contributed by atoms with Crippen LogP contribution in [-0.2, 0) is 0 Å².